The number of nitrogens with one attached hydrogen (secondary N) is 1. The lowest BCUT2D eigenvalue weighted by Crippen LogP contribution is -2.49. The first-order valence-corrected chi connectivity index (χ1v) is 4.81. The van der Waals surface area contributed by atoms with E-state index in [1.54, 1.807) is 0 Å². The number of carbonyl (C=O) groups excluding carboxylic acids is 1. The molecule has 1 saturated heterocycles. The number of β-lactam (4-membered cyclic amide) rings is 1. The molecule has 1 aromatic carbocycles. The Morgan fingerprint density at radius 2 is 2.13 bits per heavy atom. The minimum Gasteiger partial charge on any atom is -0.370 e. The van der Waals surface area contributed by atoms with Gasteiger partial charge in [0, 0.05) is 0 Å². The molecular weight excluding hydrogens is 192 g/mol. The summed E-state index contributed by atoms with van der Waals surface area (Å²) in [6.07, 6.45) is 0.141. The quantitative estimate of drug-likeness (QED) is 0.458. The molecule has 1 heterocycles. The highest BCUT2D eigenvalue weighted by Gasteiger charge is 2.26. The summed E-state index contributed by atoms with van der Waals surface area (Å²) in [5.41, 5.74) is 1.82. The fraction of sp³-hybridized carbons (Fsp3) is 0.273. The molecule has 78 valence electrons. The molecule has 2 rings (SSSR count). The van der Waals surface area contributed by atoms with E-state index in [1.165, 1.54) is 0 Å². The highest BCUT2D eigenvalue weighted by molar-refractivity contribution is 5.98. The van der Waals surface area contributed by atoms with Gasteiger partial charge in [-0.1, -0.05) is 35.5 Å². The first-order chi connectivity index (χ1) is 7.25. The van der Waals surface area contributed by atoms with Crippen LogP contribution >= 0.6 is 0 Å². The maximum Gasteiger partial charge on any atom is 0.228 e. The van der Waals surface area contributed by atoms with Gasteiger partial charge in [-0.25, -0.2) is 0 Å². The normalized spacial score (nSPS) is 20.5. The average molecular weight is 204 g/mol. The second-order valence-electron chi connectivity index (χ2n) is 3.41. The summed E-state index contributed by atoms with van der Waals surface area (Å²) in [5, 5.41) is 6.53. The minimum atomic E-state index is -0.254. The van der Waals surface area contributed by atoms with E-state index in [0.717, 1.165) is 11.3 Å². The molecule has 1 N–H and O–H groups in total. The first-order valence-electron chi connectivity index (χ1n) is 4.81. The molecule has 1 aliphatic rings. The average Bonchev–Trinajstić information content (AvgIpc) is 2.23. The largest absolute Gasteiger partial charge is 0.370 e. The topological polar surface area (TPSA) is 50.7 Å². The van der Waals surface area contributed by atoms with Gasteiger partial charge in [0.15, 0.2) is 0 Å². The highest BCUT2D eigenvalue weighted by atomic mass is 16.7. The Hall–Kier alpha value is -1.84. The second-order valence-corrected chi connectivity index (χ2v) is 3.41. The molecule has 1 aromatic rings. The molecule has 0 spiro atoms. The molecule has 4 nitrogen and oxygen atoms in total. The molecule has 1 amide bonds. The number of hydrogen-bond donors (Lipinski definition) is 1. The number of carbonyl (C=O) groups is 1. The maximum atomic E-state index is 10.6. The molecule has 0 saturated carbocycles. The van der Waals surface area contributed by atoms with Gasteiger partial charge in [0.25, 0.3) is 0 Å². The predicted molar refractivity (Wildman–Crippen MR) is 56.3 cm³/mol. The molecule has 1 unspecified atom stereocenters. The van der Waals surface area contributed by atoms with Crippen molar-refractivity contribution in [2.45, 2.75) is 19.6 Å². The van der Waals surface area contributed by atoms with Gasteiger partial charge >= 0.3 is 0 Å². The van der Waals surface area contributed by atoms with Crippen LogP contribution in [0.1, 0.15) is 18.9 Å². The number of benzene rings is 1. The van der Waals surface area contributed by atoms with Crippen molar-refractivity contribution in [1.82, 2.24) is 5.32 Å². The minimum absolute atomic E-state index is 0.00700. The molecule has 0 bridgehead atoms. The van der Waals surface area contributed by atoms with Crippen LogP contribution in [0.15, 0.2) is 35.5 Å². The van der Waals surface area contributed by atoms with E-state index in [9.17, 15) is 4.79 Å². The van der Waals surface area contributed by atoms with Crippen molar-refractivity contribution in [3.05, 3.63) is 35.9 Å². The Bertz CT molecular complexity index is 379. The fourth-order valence-corrected chi connectivity index (χ4v) is 1.27. The standard InChI is InChI=1S/C11H12N2O2/c1-8(9-5-3-2-4-6-9)13-15-11-7-10(14)12-11/h2-6,11H,7H2,1H3,(H,12,14)/b13-8+. The third-order valence-electron chi connectivity index (χ3n) is 2.20. The van der Waals surface area contributed by atoms with E-state index in [1.807, 2.05) is 37.3 Å². The Balaban J connectivity index is 1.93. The van der Waals surface area contributed by atoms with Crippen LogP contribution in [0, 0.1) is 0 Å². The van der Waals surface area contributed by atoms with Crippen LogP contribution in [0.5, 0.6) is 0 Å². The lowest BCUT2D eigenvalue weighted by atomic mass is 10.1. The zero-order valence-electron chi connectivity index (χ0n) is 8.43. The molecule has 0 radical (unpaired) electrons. The van der Waals surface area contributed by atoms with Gasteiger partial charge in [0.1, 0.15) is 0 Å². The van der Waals surface area contributed by atoms with Crippen molar-refractivity contribution in [1.29, 1.82) is 0 Å². The summed E-state index contributed by atoms with van der Waals surface area (Å²) in [7, 11) is 0. The van der Waals surface area contributed by atoms with Crippen LogP contribution in [0.4, 0.5) is 0 Å². The van der Waals surface area contributed by atoms with E-state index in [0.29, 0.717) is 6.42 Å². The number of hydrogen-bond acceptors (Lipinski definition) is 3. The summed E-state index contributed by atoms with van der Waals surface area (Å²) in [6, 6.07) is 9.76. The molecule has 1 fully saturated rings. The zero-order valence-corrected chi connectivity index (χ0v) is 8.43. The van der Waals surface area contributed by atoms with Gasteiger partial charge < -0.3 is 10.2 Å². The summed E-state index contributed by atoms with van der Waals surface area (Å²) >= 11 is 0. The van der Waals surface area contributed by atoms with E-state index < -0.39 is 0 Å². The highest BCUT2D eigenvalue weighted by Crippen LogP contribution is 2.07. The van der Waals surface area contributed by atoms with Gasteiger partial charge in [-0.15, -0.1) is 0 Å². The third kappa shape index (κ3) is 2.34. The van der Waals surface area contributed by atoms with Gasteiger partial charge in [0.2, 0.25) is 12.1 Å². The van der Waals surface area contributed by atoms with Crippen LogP contribution < -0.4 is 5.32 Å². The zero-order chi connectivity index (χ0) is 10.7. The number of amides is 1. The van der Waals surface area contributed by atoms with Crippen molar-refractivity contribution >= 4 is 11.6 Å². The van der Waals surface area contributed by atoms with Crippen molar-refractivity contribution in [3.63, 3.8) is 0 Å². The lowest BCUT2D eigenvalue weighted by Gasteiger charge is -2.24. The Morgan fingerprint density at radius 3 is 2.73 bits per heavy atom. The summed E-state index contributed by atoms with van der Waals surface area (Å²) in [6.45, 7) is 1.87. The summed E-state index contributed by atoms with van der Waals surface area (Å²) < 4.78 is 0. The van der Waals surface area contributed by atoms with E-state index >= 15 is 0 Å². The number of oxime groups is 1. The van der Waals surface area contributed by atoms with Crippen LogP contribution in [-0.4, -0.2) is 17.8 Å². The van der Waals surface area contributed by atoms with Crippen molar-refractivity contribution in [2.24, 2.45) is 5.16 Å². The third-order valence-corrected chi connectivity index (χ3v) is 2.20. The van der Waals surface area contributed by atoms with Crippen LogP contribution in [-0.2, 0) is 9.63 Å². The Kier molecular flexibility index (Phi) is 2.67. The van der Waals surface area contributed by atoms with Crippen molar-refractivity contribution in [3.8, 4) is 0 Å². The Morgan fingerprint density at radius 1 is 1.47 bits per heavy atom. The molecule has 4 heteroatoms. The van der Waals surface area contributed by atoms with Crippen LogP contribution in [0.2, 0.25) is 0 Å². The van der Waals surface area contributed by atoms with Crippen molar-refractivity contribution < 1.29 is 9.63 Å². The molecule has 1 atom stereocenters. The van der Waals surface area contributed by atoms with Gasteiger partial charge in [-0.05, 0) is 12.5 Å². The molecule has 0 aliphatic carbocycles. The van der Waals surface area contributed by atoms with Gasteiger partial charge in [-0.2, -0.15) is 0 Å². The van der Waals surface area contributed by atoms with Crippen LogP contribution in [0.25, 0.3) is 0 Å². The summed E-state index contributed by atoms with van der Waals surface area (Å²) in [5.74, 6) is 0.00700. The SMILES string of the molecule is C/C(=N\OC1CC(=O)N1)c1ccccc1. The number of nitrogens with zero attached hydrogens (tertiary/aromatic N) is 1. The van der Waals surface area contributed by atoms with E-state index in [2.05, 4.69) is 10.5 Å². The molecule has 1 aliphatic heterocycles. The van der Waals surface area contributed by atoms with Crippen LogP contribution in [0.3, 0.4) is 0 Å². The monoisotopic (exact) mass is 204 g/mol. The molecule has 15 heavy (non-hydrogen) atoms. The van der Waals surface area contributed by atoms with E-state index in [4.69, 9.17) is 4.84 Å². The first kappa shape index (κ1) is 9.71. The van der Waals surface area contributed by atoms with Gasteiger partial charge in [-0.3, -0.25) is 4.79 Å². The Labute approximate surface area is 87.9 Å². The number of rotatable bonds is 3. The maximum absolute atomic E-state index is 10.6. The molecular formula is C11H12N2O2. The smallest absolute Gasteiger partial charge is 0.228 e. The lowest BCUT2D eigenvalue weighted by molar-refractivity contribution is -0.140. The van der Waals surface area contributed by atoms with E-state index in [-0.39, 0.29) is 12.1 Å². The van der Waals surface area contributed by atoms with Crippen molar-refractivity contribution in [2.75, 3.05) is 0 Å². The summed E-state index contributed by atoms with van der Waals surface area (Å²) in [4.78, 5) is 15.7. The molecule has 0 aromatic heterocycles. The fourth-order valence-electron chi connectivity index (χ4n) is 1.27. The second kappa shape index (κ2) is 4.13. The predicted octanol–water partition coefficient (Wildman–Crippen LogP) is 1.27. The van der Waals surface area contributed by atoms with Gasteiger partial charge in [0.05, 0.1) is 12.1 Å².